The van der Waals surface area contributed by atoms with Crippen molar-refractivity contribution in [2.75, 3.05) is 7.05 Å². The maximum atomic E-state index is 11.9. The molecule has 1 fully saturated rings. The minimum atomic E-state index is -0.0468. The minimum absolute atomic E-state index is 0.0468. The Labute approximate surface area is 114 Å². The molecule has 1 aliphatic carbocycles. The van der Waals surface area contributed by atoms with Crippen LogP contribution in [0.3, 0.4) is 0 Å². The molecule has 1 heterocycles. The zero-order valence-corrected chi connectivity index (χ0v) is 12.1. The van der Waals surface area contributed by atoms with Crippen LogP contribution in [0.15, 0.2) is 16.5 Å². The predicted octanol–water partition coefficient (Wildman–Crippen LogP) is 2.49. The lowest BCUT2D eigenvalue weighted by Gasteiger charge is -2.17. The van der Waals surface area contributed by atoms with Gasteiger partial charge in [-0.15, -0.1) is 0 Å². The standard InChI is InChI=1S/C15H24N2O2/c1-4-11(16)8-15(18)17(3)9-12-5-6-14(19-12)13-7-10(13)2/h5-6,10-11,13H,4,7-9,16H2,1-3H3. The largest absolute Gasteiger partial charge is 0.464 e. The van der Waals surface area contributed by atoms with Crippen molar-refractivity contribution in [2.45, 2.75) is 51.6 Å². The van der Waals surface area contributed by atoms with Crippen LogP contribution in [0.4, 0.5) is 0 Å². The van der Waals surface area contributed by atoms with Crippen molar-refractivity contribution in [3.63, 3.8) is 0 Å². The van der Waals surface area contributed by atoms with E-state index in [2.05, 4.69) is 6.92 Å². The van der Waals surface area contributed by atoms with Crippen LogP contribution in [0.2, 0.25) is 0 Å². The van der Waals surface area contributed by atoms with Gasteiger partial charge >= 0.3 is 0 Å². The van der Waals surface area contributed by atoms with Gasteiger partial charge in [0.25, 0.3) is 0 Å². The molecule has 1 saturated carbocycles. The summed E-state index contributed by atoms with van der Waals surface area (Å²) in [5.74, 6) is 3.32. The lowest BCUT2D eigenvalue weighted by atomic mass is 10.1. The molecule has 4 heteroatoms. The number of furan rings is 1. The van der Waals surface area contributed by atoms with Gasteiger partial charge in [-0.3, -0.25) is 4.79 Å². The van der Waals surface area contributed by atoms with Gasteiger partial charge in [0.15, 0.2) is 0 Å². The molecule has 1 aliphatic rings. The Morgan fingerprint density at radius 3 is 2.84 bits per heavy atom. The number of carbonyl (C=O) groups is 1. The van der Waals surface area contributed by atoms with Crippen LogP contribution in [0.5, 0.6) is 0 Å². The van der Waals surface area contributed by atoms with E-state index in [0.29, 0.717) is 18.9 Å². The van der Waals surface area contributed by atoms with Crippen molar-refractivity contribution in [3.05, 3.63) is 23.7 Å². The fourth-order valence-electron chi connectivity index (χ4n) is 2.24. The molecular formula is C15H24N2O2. The van der Waals surface area contributed by atoms with Crippen molar-refractivity contribution in [2.24, 2.45) is 11.7 Å². The number of nitrogens with two attached hydrogens (primary N) is 1. The zero-order valence-electron chi connectivity index (χ0n) is 12.1. The Hall–Kier alpha value is -1.29. The molecule has 3 atom stereocenters. The summed E-state index contributed by atoms with van der Waals surface area (Å²) in [5.41, 5.74) is 5.80. The molecule has 0 spiro atoms. The lowest BCUT2D eigenvalue weighted by Crippen LogP contribution is -2.32. The molecule has 1 aromatic rings. The number of hydrogen-bond acceptors (Lipinski definition) is 3. The molecule has 0 aromatic carbocycles. The number of amides is 1. The van der Waals surface area contributed by atoms with Crippen LogP contribution in [0, 0.1) is 5.92 Å². The van der Waals surface area contributed by atoms with Gasteiger partial charge < -0.3 is 15.1 Å². The van der Waals surface area contributed by atoms with E-state index in [4.69, 9.17) is 10.2 Å². The Kier molecular flexibility index (Phi) is 4.30. The first-order chi connectivity index (χ1) is 9.01. The van der Waals surface area contributed by atoms with E-state index in [1.807, 2.05) is 19.1 Å². The van der Waals surface area contributed by atoms with Gasteiger partial charge in [0.1, 0.15) is 11.5 Å². The SMILES string of the molecule is CCC(N)CC(=O)N(C)Cc1ccc(C2CC2C)o1. The second-order valence-corrected chi connectivity index (χ2v) is 5.75. The summed E-state index contributed by atoms with van der Waals surface area (Å²) in [4.78, 5) is 13.6. The first-order valence-electron chi connectivity index (χ1n) is 7.09. The molecule has 3 unspecified atom stereocenters. The van der Waals surface area contributed by atoms with Gasteiger partial charge in [0, 0.05) is 25.4 Å². The van der Waals surface area contributed by atoms with Crippen molar-refractivity contribution >= 4 is 5.91 Å². The zero-order chi connectivity index (χ0) is 14.0. The van der Waals surface area contributed by atoms with Crippen LogP contribution < -0.4 is 5.73 Å². The van der Waals surface area contributed by atoms with Gasteiger partial charge in [0.05, 0.1) is 6.54 Å². The number of nitrogens with zero attached hydrogens (tertiary/aromatic N) is 1. The number of rotatable bonds is 6. The first-order valence-corrected chi connectivity index (χ1v) is 7.09. The molecule has 1 amide bonds. The fraction of sp³-hybridized carbons (Fsp3) is 0.667. The molecule has 2 rings (SSSR count). The Balaban J connectivity index is 1.86. The molecule has 4 nitrogen and oxygen atoms in total. The molecule has 1 aromatic heterocycles. The lowest BCUT2D eigenvalue weighted by molar-refractivity contribution is -0.131. The van der Waals surface area contributed by atoms with Gasteiger partial charge in [-0.2, -0.15) is 0 Å². The summed E-state index contributed by atoms with van der Waals surface area (Å²) in [6, 6.07) is 3.97. The van der Waals surface area contributed by atoms with Crippen LogP contribution in [0.25, 0.3) is 0 Å². The summed E-state index contributed by atoms with van der Waals surface area (Å²) in [6.07, 6.45) is 2.44. The van der Waals surface area contributed by atoms with E-state index in [9.17, 15) is 4.79 Å². The molecule has 2 N–H and O–H groups in total. The van der Waals surface area contributed by atoms with Crippen LogP contribution in [-0.2, 0) is 11.3 Å². The monoisotopic (exact) mass is 264 g/mol. The maximum absolute atomic E-state index is 11.9. The topological polar surface area (TPSA) is 59.5 Å². The van der Waals surface area contributed by atoms with Gasteiger partial charge in [-0.25, -0.2) is 0 Å². The highest BCUT2D eigenvalue weighted by atomic mass is 16.3. The average Bonchev–Trinajstić information content (AvgIpc) is 2.92. The quantitative estimate of drug-likeness (QED) is 0.858. The predicted molar refractivity (Wildman–Crippen MR) is 74.6 cm³/mol. The Morgan fingerprint density at radius 1 is 1.58 bits per heavy atom. The summed E-state index contributed by atoms with van der Waals surface area (Å²) in [7, 11) is 1.80. The van der Waals surface area contributed by atoms with Crippen molar-refractivity contribution in [1.82, 2.24) is 4.90 Å². The molecule has 0 saturated heterocycles. The normalized spacial score (nSPS) is 23.2. The third-order valence-electron chi connectivity index (χ3n) is 3.94. The smallest absolute Gasteiger partial charge is 0.224 e. The maximum Gasteiger partial charge on any atom is 0.224 e. The summed E-state index contributed by atoms with van der Waals surface area (Å²) >= 11 is 0. The highest BCUT2D eigenvalue weighted by Crippen LogP contribution is 2.47. The van der Waals surface area contributed by atoms with Gasteiger partial charge in [-0.1, -0.05) is 13.8 Å². The Bertz CT molecular complexity index is 441. The van der Waals surface area contributed by atoms with Crippen LogP contribution in [-0.4, -0.2) is 23.9 Å². The minimum Gasteiger partial charge on any atom is -0.464 e. The third kappa shape index (κ3) is 3.60. The van der Waals surface area contributed by atoms with E-state index < -0.39 is 0 Å². The summed E-state index contributed by atoms with van der Waals surface area (Å²) in [5, 5.41) is 0. The second kappa shape index (κ2) is 5.78. The van der Waals surface area contributed by atoms with E-state index >= 15 is 0 Å². The second-order valence-electron chi connectivity index (χ2n) is 5.75. The number of carbonyl (C=O) groups excluding carboxylic acids is 1. The van der Waals surface area contributed by atoms with E-state index in [0.717, 1.165) is 23.9 Å². The van der Waals surface area contributed by atoms with Gasteiger partial charge in [0.2, 0.25) is 5.91 Å². The molecular weight excluding hydrogens is 240 g/mol. The molecule has 106 valence electrons. The molecule has 19 heavy (non-hydrogen) atoms. The van der Waals surface area contributed by atoms with Crippen molar-refractivity contribution in [1.29, 1.82) is 0 Å². The van der Waals surface area contributed by atoms with Crippen LogP contribution >= 0.6 is 0 Å². The third-order valence-corrected chi connectivity index (χ3v) is 3.94. The fourth-order valence-corrected chi connectivity index (χ4v) is 2.24. The highest BCUT2D eigenvalue weighted by Gasteiger charge is 2.36. The van der Waals surface area contributed by atoms with Gasteiger partial charge in [-0.05, 0) is 30.9 Å². The van der Waals surface area contributed by atoms with E-state index in [-0.39, 0.29) is 11.9 Å². The Morgan fingerprint density at radius 2 is 2.26 bits per heavy atom. The molecule has 0 aliphatic heterocycles. The molecule has 0 radical (unpaired) electrons. The highest BCUT2D eigenvalue weighted by molar-refractivity contribution is 5.76. The molecule has 0 bridgehead atoms. The van der Waals surface area contributed by atoms with Crippen molar-refractivity contribution < 1.29 is 9.21 Å². The average molecular weight is 264 g/mol. The van der Waals surface area contributed by atoms with E-state index in [1.54, 1.807) is 11.9 Å². The van der Waals surface area contributed by atoms with E-state index in [1.165, 1.54) is 6.42 Å². The summed E-state index contributed by atoms with van der Waals surface area (Å²) < 4.78 is 5.80. The summed E-state index contributed by atoms with van der Waals surface area (Å²) in [6.45, 7) is 4.75. The van der Waals surface area contributed by atoms with Crippen LogP contribution in [0.1, 0.15) is 50.5 Å². The first kappa shape index (κ1) is 14.1. The van der Waals surface area contributed by atoms with Crippen molar-refractivity contribution in [3.8, 4) is 0 Å². The number of hydrogen-bond donors (Lipinski definition) is 1.